The number of hydrogen-bond acceptors (Lipinski definition) is 2. The second-order valence-electron chi connectivity index (χ2n) is 2.86. The van der Waals surface area contributed by atoms with Crippen LogP contribution in [0.4, 0.5) is 0 Å². The van der Waals surface area contributed by atoms with E-state index in [4.69, 9.17) is 16.7 Å². The zero-order valence-electron chi connectivity index (χ0n) is 7.35. The molecule has 0 aromatic carbocycles. The van der Waals surface area contributed by atoms with Crippen molar-refractivity contribution in [2.45, 2.75) is 19.8 Å². The Morgan fingerprint density at radius 1 is 1.67 bits per heavy atom. The lowest BCUT2D eigenvalue weighted by Gasteiger charge is -2.10. The molecule has 0 fully saturated rings. The zero-order valence-corrected chi connectivity index (χ0v) is 8.10. The third kappa shape index (κ3) is 6.43. The van der Waals surface area contributed by atoms with Crippen molar-refractivity contribution < 1.29 is 9.90 Å². The number of nitrogens with one attached hydrogen (secondary N) is 1. The van der Waals surface area contributed by atoms with Gasteiger partial charge in [-0.3, -0.25) is 4.79 Å². The molecule has 0 rings (SSSR count). The Labute approximate surface area is 78.1 Å². The van der Waals surface area contributed by atoms with Crippen LogP contribution in [0.1, 0.15) is 19.8 Å². The van der Waals surface area contributed by atoms with E-state index < -0.39 is 0 Å². The maximum absolute atomic E-state index is 10.9. The molecule has 0 saturated carbocycles. The monoisotopic (exact) mass is 193 g/mol. The Hall–Kier alpha value is -0.280. The summed E-state index contributed by atoms with van der Waals surface area (Å²) < 4.78 is 0. The van der Waals surface area contributed by atoms with Gasteiger partial charge in [0.05, 0.1) is 0 Å². The van der Waals surface area contributed by atoms with Gasteiger partial charge < -0.3 is 10.4 Å². The van der Waals surface area contributed by atoms with E-state index in [-0.39, 0.29) is 12.5 Å². The second-order valence-corrected chi connectivity index (χ2v) is 3.24. The summed E-state index contributed by atoms with van der Waals surface area (Å²) in [6.07, 6.45) is 1.09. The van der Waals surface area contributed by atoms with Crippen molar-refractivity contribution in [2.24, 2.45) is 5.92 Å². The lowest BCUT2D eigenvalue weighted by atomic mass is 10.1. The molecular formula is C8H16ClNO2. The first-order chi connectivity index (χ1) is 5.70. The smallest absolute Gasteiger partial charge is 0.221 e. The summed E-state index contributed by atoms with van der Waals surface area (Å²) in [7, 11) is 0. The Bertz CT molecular complexity index is 130. The molecule has 0 aromatic heterocycles. The van der Waals surface area contributed by atoms with Crippen molar-refractivity contribution in [1.82, 2.24) is 5.32 Å². The molecule has 0 aliphatic heterocycles. The summed E-state index contributed by atoms with van der Waals surface area (Å²) in [6, 6.07) is 0. The molecule has 1 atom stereocenters. The third-order valence-corrected chi connectivity index (χ3v) is 1.78. The molecule has 0 heterocycles. The molecule has 4 heteroatoms. The predicted molar refractivity (Wildman–Crippen MR) is 49.2 cm³/mol. The van der Waals surface area contributed by atoms with Gasteiger partial charge in [-0.25, -0.2) is 0 Å². The third-order valence-electron chi connectivity index (χ3n) is 1.59. The van der Waals surface area contributed by atoms with Gasteiger partial charge in [0, 0.05) is 25.5 Å². The largest absolute Gasteiger partial charge is 0.396 e. The van der Waals surface area contributed by atoms with Crippen LogP contribution in [-0.4, -0.2) is 30.0 Å². The van der Waals surface area contributed by atoms with Crippen molar-refractivity contribution in [1.29, 1.82) is 0 Å². The number of aliphatic hydroxyl groups excluding tert-OH is 1. The number of halogens is 1. The van der Waals surface area contributed by atoms with Crippen LogP contribution in [0.3, 0.4) is 0 Å². The van der Waals surface area contributed by atoms with Gasteiger partial charge in [-0.05, 0) is 12.3 Å². The highest BCUT2D eigenvalue weighted by atomic mass is 35.5. The molecule has 0 aliphatic carbocycles. The van der Waals surface area contributed by atoms with Gasteiger partial charge in [0.15, 0.2) is 0 Å². The van der Waals surface area contributed by atoms with Crippen molar-refractivity contribution in [3.8, 4) is 0 Å². The summed E-state index contributed by atoms with van der Waals surface area (Å²) in [5.41, 5.74) is 0. The predicted octanol–water partition coefficient (Wildman–Crippen LogP) is 0.750. The first-order valence-electron chi connectivity index (χ1n) is 4.14. The summed E-state index contributed by atoms with van der Waals surface area (Å²) in [5, 5.41) is 11.3. The molecule has 0 aliphatic rings. The van der Waals surface area contributed by atoms with Crippen molar-refractivity contribution in [3.63, 3.8) is 0 Å². The van der Waals surface area contributed by atoms with Crippen LogP contribution >= 0.6 is 11.6 Å². The molecule has 0 radical (unpaired) electrons. The highest BCUT2D eigenvalue weighted by molar-refractivity contribution is 6.18. The fourth-order valence-electron chi connectivity index (χ4n) is 0.785. The summed E-state index contributed by atoms with van der Waals surface area (Å²) in [6.45, 7) is 2.78. The highest BCUT2D eigenvalue weighted by Crippen LogP contribution is 1.98. The zero-order chi connectivity index (χ0) is 9.40. The van der Waals surface area contributed by atoms with Gasteiger partial charge in [-0.2, -0.15) is 0 Å². The molecule has 0 spiro atoms. The van der Waals surface area contributed by atoms with Gasteiger partial charge in [0.2, 0.25) is 5.91 Å². The molecule has 0 aromatic rings. The minimum absolute atomic E-state index is 0.0187. The fourth-order valence-corrected chi connectivity index (χ4v) is 0.956. The van der Waals surface area contributed by atoms with E-state index in [1.165, 1.54) is 0 Å². The molecule has 72 valence electrons. The van der Waals surface area contributed by atoms with Gasteiger partial charge in [-0.1, -0.05) is 6.92 Å². The van der Waals surface area contributed by atoms with E-state index >= 15 is 0 Å². The van der Waals surface area contributed by atoms with Crippen LogP contribution in [0.2, 0.25) is 0 Å². The fraction of sp³-hybridized carbons (Fsp3) is 0.875. The van der Waals surface area contributed by atoms with E-state index in [0.717, 1.165) is 6.42 Å². The maximum Gasteiger partial charge on any atom is 0.221 e. The Morgan fingerprint density at radius 3 is 2.83 bits per heavy atom. The van der Waals surface area contributed by atoms with Crippen molar-refractivity contribution in [2.75, 3.05) is 19.0 Å². The topological polar surface area (TPSA) is 49.3 Å². The summed E-state index contributed by atoms with van der Waals surface area (Å²) >= 11 is 5.37. The van der Waals surface area contributed by atoms with E-state index in [1.54, 1.807) is 0 Å². The lowest BCUT2D eigenvalue weighted by molar-refractivity contribution is -0.120. The van der Waals surface area contributed by atoms with Crippen LogP contribution in [0.5, 0.6) is 0 Å². The van der Waals surface area contributed by atoms with E-state index in [2.05, 4.69) is 5.32 Å². The molecule has 1 amide bonds. The van der Waals surface area contributed by atoms with Gasteiger partial charge in [0.25, 0.3) is 0 Å². The summed E-state index contributed by atoms with van der Waals surface area (Å²) in [5.74, 6) is 0.671. The quantitative estimate of drug-likeness (QED) is 0.612. The minimum atomic E-state index is -0.0187. The molecule has 2 N–H and O–H groups in total. The highest BCUT2D eigenvalue weighted by Gasteiger charge is 2.03. The number of carbonyl (C=O) groups excluding carboxylic acids is 1. The van der Waals surface area contributed by atoms with Gasteiger partial charge in [0.1, 0.15) is 0 Å². The average Bonchev–Trinajstić information content (AvgIpc) is 2.02. The minimum Gasteiger partial charge on any atom is -0.396 e. The van der Waals surface area contributed by atoms with E-state index in [1.807, 2.05) is 6.92 Å². The van der Waals surface area contributed by atoms with Crippen molar-refractivity contribution in [3.05, 3.63) is 0 Å². The van der Waals surface area contributed by atoms with E-state index in [9.17, 15) is 4.79 Å². The number of alkyl halides is 1. The average molecular weight is 194 g/mol. The number of hydrogen-bond donors (Lipinski definition) is 2. The first kappa shape index (κ1) is 11.7. The van der Waals surface area contributed by atoms with Crippen LogP contribution in [0, 0.1) is 5.92 Å². The van der Waals surface area contributed by atoms with Gasteiger partial charge in [-0.15, -0.1) is 11.6 Å². The number of carbonyl (C=O) groups is 1. The van der Waals surface area contributed by atoms with Crippen LogP contribution in [0.25, 0.3) is 0 Å². The molecule has 0 bridgehead atoms. The number of amides is 1. The van der Waals surface area contributed by atoms with Gasteiger partial charge >= 0.3 is 0 Å². The number of rotatable bonds is 6. The Morgan fingerprint density at radius 2 is 2.33 bits per heavy atom. The summed E-state index contributed by atoms with van der Waals surface area (Å²) in [4.78, 5) is 10.9. The van der Waals surface area contributed by atoms with Crippen LogP contribution in [-0.2, 0) is 4.79 Å². The molecule has 3 nitrogen and oxygen atoms in total. The van der Waals surface area contributed by atoms with E-state index in [0.29, 0.717) is 24.8 Å². The maximum atomic E-state index is 10.9. The number of aliphatic hydroxyl groups is 1. The normalized spacial score (nSPS) is 12.6. The van der Waals surface area contributed by atoms with Crippen molar-refractivity contribution >= 4 is 17.5 Å². The Balaban J connectivity index is 3.33. The molecule has 1 unspecified atom stereocenters. The second kappa shape index (κ2) is 7.37. The SMILES string of the molecule is CC(CCO)CNC(=O)CCCl. The first-order valence-corrected chi connectivity index (χ1v) is 4.67. The van der Waals surface area contributed by atoms with Crippen LogP contribution < -0.4 is 5.32 Å². The molecule has 12 heavy (non-hydrogen) atoms. The Kier molecular flexibility index (Phi) is 7.20. The lowest BCUT2D eigenvalue weighted by Crippen LogP contribution is -2.28. The molecular weight excluding hydrogens is 178 g/mol. The standard InChI is InChI=1S/C8H16ClNO2/c1-7(3-5-11)6-10-8(12)2-4-9/h7,11H,2-6H2,1H3,(H,10,12). The van der Waals surface area contributed by atoms with Crippen LogP contribution in [0.15, 0.2) is 0 Å². The molecule has 0 saturated heterocycles.